The minimum atomic E-state index is -0.519. The summed E-state index contributed by atoms with van der Waals surface area (Å²) in [7, 11) is 0. The number of esters is 1. The van der Waals surface area contributed by atoms with E-state index >= 15 is 0 Å². The molecule has 0 saturated carbocycles. The Labute approximate surface area is 183 Å². The minimum Gasteiger partial charge on any atom is -0.422 e. The molecule has 6 heteroatoms. The Morgan fingerprint density at radius 3 is 2.29 bits per heavy atom. The number of hydrazone groups is 1. The number of fused-ring (bicyclic) bond motifs is 1. The third kappa shape index (κ3) is 4.79. The van der Waals surface area contributed by atoms with Crippen molar-refractivity contribution in [2.75, 3.05) is 0 Å². The molecule has 0 aromatic heterocycles. The lowest BCUT2D eigenvalue weighted by molar-refractivity contribution is 0.0734. The number of rotatable bonds is 5. The molecule has 5 nitrogen and oxygen atoms in total. The zero-order valence-corrected chi connectivity index (χ0v) is 17.0. The number of amides is 1. The summed E-state index contributed by atoms with van der Waals surface area (Å²) in [5, 5.41) is 6.40. The number of carbonyl (C=O) groups excluding carboxylic acids is 2. The second-order valence-corrected chi connectivity index (χ2v) is 7.10. The Bertz CT molecular complexity index is 1270. The first-order valence-electron chi connectivity index (χ1n) is 9.50. The molecule has 0 aliphatic carbocycles. The molecule has 0 spiro atoms. The number of hydrogen-bond acceptors (Lipinski definition) is 4. The van der Waals surface area contributed by atoms with Gasteiger partial charge in [0.1, 0.15) is 5.75 Å². The monoisotopic (exact) mass is 428 g/mol. The topological polar surface area (TPSA) is 67.8 Å². The van der Waals surface area contributed by atoms with Gasteiger partial charge < -0.3 is 4.74 Å². The Hall–Kier alpha value is -3.96. The summed E-state index contributed by atoms with van der Waals surface area (Å²) in [4.78, 5) is 24.9. The number of halogens is 1. The van der Waals surface area contributed by atoms with E-state index in [9.17, 15) is 9.59 Å². The molecule has 31 heavy (non-hydrogen) atoms. The molecule has 0 unspecified atom stereocenters. The van der Waals surface area contributed by atoms with Crippen LogP contribution in [0.1, 0.15) is 26.3 Å². The van der Waals surface area contributed by atoms with E-state index in [-0.39, 0.29) is 5.91 Å². The zero-order chi connectivity index (χ0) is 21.6. The van der Waals surface area contributed by atoms with Crippen molar-refractivity contribution < 1.29 is 14.3 Å². The predicted molar refractivity (Wildman–Crippen MR) is 122 cm³/mol. The first kappa shape index (κ1) is 20.3. The third-order valence-electron chi connectivity index (χ3n) is 4.61. The maximum absolute atomic E-state index is 12.6. The fraction of sp³-hybridized carbons (Fsp3) is 0. The Morgan fingerprint density at radius 2 is 1.52 bits per heavy atom. The highest BCUT2D eigenvalue weighted by Gasteiger charge is 2.13. The van der Waals surface area contributed by atoms with Gasteiger partial charge in [-0.05, 0) is 53.2 Å². The SMILES string of the molecule is O=C(N/N=C/c1c(OC(=O)c2ccc(Cl)cc2)ccc2ccccc12)c1ccccc1. The Morgan fingerprint density at radius 1 is 0.806 bits per heavy atom. The summed E-state index contributed by atoms with van der Waals surface area (Å²) >= 11 is 5.89. The maximum atomic E-state index is 12.6. The summed E-state index contributed by atoms with van der Waals surface area (Å²) < 4.78 is 5.64. The first-order valence-corrected chi connectivity index (χ1v) is 9.87. The van der Waals surface area contributed by atoms with Crippen LogP contribution in [0.5, 0.6) is 5.75 Å². The molecule has 4 aromatic carbocycles. The van der Waals surface area contributed by atoms with E-state index in [1.165, 1.54) is 6.21 Å². The fourth-order valence-electron chi connectivity index (χ4n) is 3.05. The minimum absolute atomic E-state index is 0.330. The molecule has 152 valence electrons. The van der Waals surface area contributed by atoms with Crippen molar-refractivity contribution in [2.45, 2.75) is 0 Å². The molecule has 0 radical (unpaired) electrons. The quantitative estimate of drug-likeness (QED) is 0.198. The van der Waals surface area contributed by atoms with Crippen LogP contribution in [0.25, 0.3) is 10.8 Å². The van der Waals surface area contributed by atoms with Crippen LogP contribution in [0.3, 0.4) is 0 Å². The van der Waals surface area contributed by atoms with Crippen molar-refractivity contribution in [3.05, 3.63) is 113 Å². The lowest BCUT2D eigenvalue weighted by Gasteiger charge is -2.10. The van der Waals surface area contributed by atoms with Crippen LogP contribution < -0.4 is 10.2 Å². The van der Waals surface area contributed by atoms with Gasteiger partial charge in [-0.3, -0.25) is 4.79 Å². The van der Waals surface area contributed by atoms with Gasteiger partial charge in [-0.2, -0.15) is 5.10 Å². The number of ether oxygens (including phenoxy) is 1. The number of carbonyl (C=O) groups is 2. The van der Waals surface area contributed by atoms with Crippen molar-refractivity contribution in [1.29, 1.82) is 0 Å². The maximum Gasteiger partial charge on any atom is 0.343 e. The highest BCUT2D eigenvalue weighted by Crippen LogP contribution is 2.27. The molecule has 0 heterocycles. The van der Waals surface area contributed by atoms with E-state index in [2.05, 4.69) is 10.5 Å². The Balaban J connectivity index is 1.63. The highest BCUT2D eigenvalue weighted by atomic mass is 35.5. The summed E-state index contributed by atoms with van der Waals surface area (Å²) in [5.74, 6) is -0.525. The summed E-state index contributed by atoms with van der Waals surface area (Å²) in [6.45, 7) is 0. The van der Waals surface area contributed by atoms with Crippen molar-refractivity contribution in [1.82, 2.24) is 5.43 Å². The summed E-state index contributed by atoms with van der Waals surface area (Å²) in [6, 6.07) is 26.4. The lowest BCUT2D eigenvalue weighted by Crippen LogP contribution is -2.17. The smallest absolute Gasteiger partial charge is 0.343 e. The Kier molecular flexibility index (Phi) is 6.05. The molecule has 4 rings (SSSR count). The largest absolute Gasteiger partial charge is 0.422 e. The average molecular weight is 429 g/mol. The lowest BCUT2D eigenvalue weighted by atomic mass is 10.0. The molecule has 0 aliphatic heterocycles. The van der Waals surface area contributed by atoms with Gasteiger partial charge in [0.25, 0.3) is 5.91 Å². The number of benzene rings is 4. The van der Waals surface area contributed by atoms with Gasteiger partial charge in [-0.1, -0.05) is 60.1 Å². The van der Waals surface area contributed by atoms with Gasteiger partial charge >= 0.3 is 5.97 Å². The molecule has 4 aromatic rings. The molecular formula is C25H17ClN2O3. The average Bonchev–Trinajstić information content (AvgIpc) is 2.81. The van der Waals surface area contributed by atoms with Gasteiger partial charge in [0.15, 0.2) is 0 Å². The molecule has 0 atom stereocenters. The van der Waals surface area contributed by atoms with Crippen LogP contribution >= 0.6 is 11.6 Å². The zero-order valence-electron chi connectivity index (χ0n) is 16.3. The second kappa shape index (κ2) is 9.24. The predicted octanol–water partition coefficient (Wildman–Crippen LogP) is 5.48. The van der Waals surface area contributed by atoms with E-state index in [4.69, 9.17) is 16.3 Å². The van der Waals surface area contributed by atoms with E-state index < -0.39 is 5.97 Å². The van der Waals surface area contributed by atoms with Gasteiger partial charge in [-0.15, -0.1) is 0 Å². The second-order valence-electron chi connectivity index (χ2n) is 6.66. The fourth-order valence-corrected chi connectivity index (χ4v) is 3.18. The van der Waals surface area contributed by atoms with Crippen LogP contribution in [0.15, 0.2) is 96.1 Å². The molecule has 1 amide bonds. The standard InChI is InChI=1S/C25H17ClN2O3/c26-20-13-10-19(11-14-20)25(30)31-23-15-12-17-6-4-5-9-21(17)22(23)16-27-28-24(29)18-7-2-1-3-8-18/h1-16H,(H,28,29)/b27-16+. The molecule has 0 bridgehead atoms. The third-order valence-corrected chi connectivity index (χ3v) is 4.86. The molecule has 0 saturated heterocycles. The molecular weight excluding hydrogens is 412 g/mol. The summed E-state index contributed by atoms with van der Waals surface area (Å²) in [6.07, 6.45) is 1.48. The van der Waals surface area contributed by atoms with Crippen LogP contribution in [0, 0.1) is 0 Å². The van der Waals surface area contributed by atoms with Crippen LogP contribution in [-0.4, -0.2) is 18.1 Å². The van der Waals surface area contributed by atoms with Gasteiger partial charge in [0, 0.05) is 16.1 Å². The molecule has 1 N–H and O–H groups in total. The number of nitrogens with one attached hydrogen (secondary N) is 1. The van der Waals surface area contributed by atoms with Crippen molar-refractivity contribution in [2.24, 2.45) is 5.10 Å². The highest BCUT2D eigenvalue weighted by molar-refractivity contribution is 6.30. The van der Waals surface area contributed by atoms with Crippen molar-refractivity contribution in [3.8, 4) is 5.75 Å². The first-order chi connectivity index (χ1) is 15.1. The van der Waals surface area contributed by atoms with Crippen LogP contribution in [-0.2, 0) is 0 Å². The molecule has 0 fully saturated rings. The van der Waals surface area contributed by atoms with E-state index in [0.717, 1.165) is 10.8 Å². The molecule has 0 aliphatic rings. The van der Waals surface area contributed by atoms with Crippen molar-refractivity contribution >= 4 is 40.5 Å². The van der Waals surface area contributed by atoms with Gasteiger partial charge in [0.05, 0.1) is 11.8 Å². The van der Waals surface area contributed by atoms with Crippen LogP contribution in [0.2, 0.25) is 5.02 Å². The number of hydrogen-bond donors (Lipinski definition) is 1. The normalized spacial score (nSPS) is 10.9. The van der Waals surface area contributed by atoms with Crippen molar-refractivity contribution in [3.63, 3.8) is 0 Å². The van der Waals surface area contributed by atoms with Gasteiger partial charge in [-0.25, -0.2) is 10.2 Å². The van der Waals surface area contributed by atoms with E-state index in [1.807, 2.05) is 36.4 Å². The van der Waals surface area contributed by atoms with Crippen LogP contribution in [0.4, 0.5) is 0 Å². The number of nitrogens with zero attached hydrogens (tertiary/aromatic N) is 1. The van der Waals surface area contributed by atoms with E-state index in [1.54, 1.807) is 54.6 Å². The van der Waals surface area contributed by atoms with Gasteiger partial charge in [0.2, 0.25) is 0 Å². The summed E-state index contributed by atoms with van der Waals surface area (Å²) in [5.41, 5.74) is 3.95. The van der Waals surface area contributed by atoms with E-state index in [0.29, 0.717) is 27.5 Å².